The Morgan fingerprint density at radius 3 is 2.40 bits per heavy atom. The molecule has 116 valence electrons. The number of hydrogen-bond donors (Lipinski definition) is 1. The van der Waals surface area contributed by atoms with Crippen molar-refractivity contribution in [2.45, 2.75) is 71.5 Å². The van der Waals surface area contributed by atoms with Crippen molar-refractivity contribution in [3.8, 4) is 0 Å². The van der Waals surface area contributed by atoms with Gasteiger partial charge in [0.25, 0.3) is 0 Å². The Labute approximate surface area is 133 Å². The van der Waals surface area contributed by atoms with E-state index in [-0.39, 0.29) is 12.1 Å². The van der Waals surface area contributed by atoms with Crippen LogP contribution in [0.3, 0.4) is 0 Å². The first-order valence-electron chi connectivity index (χ1n) is 7.77. The molecule has 0 aliphatic carbocycles. The maximum atomic E-state index is 6.42. The lowest BCUT2D eigenvalue weighted by atomic mass is 10.0. The van der Waals surface area contributed by atoms with Crippen LogP contribution in [0.5, 0.6) is 0 Å². The van der Waals surface area contributed by atoms with Gasteiger partial charge >= 0.3 is 0 Å². The fourth-order valence-corrected chi connectivity index (χ4v) is 3.85. The fourth-order valence-electron chi connectivity index (χ4n) is 2.59. The summed E-state index contributed by atoms with van der Waals surface area (Å²) in [6, 6.07) is 5.07. The van der Waals surface area contributed by atoms with Crippen molar-refractivity contribution < 1.29 is 0 Å². The average molecular weight is 317 g/mol. The summed E-state index contributed by atoms with van der Waals surface area (Å²) >= 11 is 7.79. The largest absolute Gasteiger partial charge is 0.326 e. The van der Waals surface area contributed by atoms with Crippen molar-refractivity contribution in [2.75, 3.05) is 6.54 Å². The summed E-state index contributed by atoms with van der Waals surface area (Å²) in [5.74, 6) is 0. The third-order valence-electron chi connectivity index (χ3n) is 3.80. The molecule has 0 aromatic carbocycles. The van der Waals surface area contributed by atoms with Gasteiger partial charge in [0.05, 0.1) is 10.4 Å². The van der Waals surface area contributed by atoms with Gasteiger partial charge in [0.1, 0.15) is 0 Å². The molecule has 0 bridgehead atoms. The van der Waals surface area contributed by atoms with Crippen LogP contribution in [0, 0.1) is 0 Å². The second-order valence-electron chi connectivity index (χ2n) is 5.70. The van der Waals surface area contributed by atoms with Crippen LogP contribution in [0.2, 0.25) is 4.34 Å². The van der Waals surface area contributed by atoms with Gasteiger partial charge in [-0.05, 0) is 45.4 Å². The van der Waals surface area contributed by atoms with E-state index in [0.717, 1.165) is 17.3 Å². The Morgan fingerprint density at radius 1 is 1.25 bits per heavy atom. The van der Waals surface area contributed by atoms with Crippen LogP contribution >= 0.6 is 22.9 Å². The van der Waals surface area contributed by atoms with Crippen molar-refractivity contribution in [1.82, 2.24) is 4.90 Å². The zero-order valence-electron chi connectivity index (χ0n) is 13.2. The molecule has 4 heteroatoms. The van der Waals surface area contributed by atoms with Gasteiger partial charge in [-0.3, -0.25) is 4.90 Å². The standard InChI is InChI=1S/C16H29ClN2S/c1-5-7-8-11-19(12(3)4)16(13(18)6-2)14-9-10-15(17)20-14/h9-10,12-13,16H,5-8,11,18H2,1-4H3. The summed E-state index contributed by atoms with van der Waals surface area (Å²) in [7, 11) is 0. The first kappa shape index (κ1) is 18.0. The van der Waals surface area contributed by atoms with Gasteiger partial charge in [0, 0.05) is 17.0 Å². The van der Waals surface area contributed by atoms with Crippen LogP contribution in [-0.4, -0.2) is 23.5 Å². The topological polar surface area (TPSA) is 29.3 Å². The molecule has 1 aromatic heterocycles. The molecule has 0 fully saturated rings. The van der Waals surface area contributed by atoms with E-state index in [4.69, 9.17) is 17.3 Å². The molecule has 1 rings (SSSR count). The van der Waals surface area contributed by atoms with Gasteiger partial charge in [-0.25, -0.2) is 0 Å². The van der Waals surface area contributed by atoms with E-state index < -0.39 is 0 Å². The minimum absolute atomic E-state index is 0.161. The van der Waals surface area contributed by atoms with Gasteiger partial charge in [0.2, 0.25) is 0 Å². The third kappa shape index (κ3) is 5.03. The summed E-state index contributed by atoms with van der Waals surface area (Å²) in [6.07, 6.45) is 4.75. The lowest BCUT2D eigenvalue weighted by Crippen LogP contribution is -2.44. The van der Waals surface area contributed by atoms with Gasteiger partial charge in [-0.1, -0.05) is 38.3 Å². The molecule has 0 amide bonds. The lowest BCUT2D eigenvalue weighted by Gasteiger charge is -2.37. The van der Waals surface area contributed by atoms with Crippen LogP contribution in [0.15, 0.2) is 12.1 Å². The van der Waals surface area contributed by atoms with Gasteiger partial charge in [-0.2, -0.15) is 0 Å². The Hall–Kier alpha value is -0.0900. The zero-order chi connectivity index (χ0) is 15.1. The van der Waals surface area contributed by atoms with Crippen LogP contribution in [-0.2, 0) is 0 Å². The number of halogens is 1. The number of nitrogens with zero attached hydrogens (tertiary/aromatic N) is 1. The molecule has 20 heavy (non-hydrogen) atoms. The highest BCUT2D eigenvalue weighted by Crippen LogP contribution is 2.34. The maximum Gasteiger partial charge on any atom is 0.0931 e. The molecule has 0 saturated heterocycles. The molecule has 1 heterocycles. The number of nitrogens with two attached hydrogens (primary N) is 1. The third-order valence-corrected chi connectivity index (χ3v) is 5.10. The number of rotatable bonds is 9. The highest BCUT2D eigenvalue weighted by atomic mass is 35.5. The second-order valence-corrected chi connectivity index (χ2v) is 7.44. The van der Waals surface area contributed by atoms with Crippen molar-refractivity contribution in [2.24, 2.45) is 5.73 Å². The van der Waals surface area contributed by atoms with Crippen LogP contribution < -0.4 is 5.73 Å². The number of thiophene rings is 1. The number of unbranched alkanes of at least 4 members (excludes halogenated alkanes) is 2. The summed E-state index contributed by atoms with van der Waals surface area (Å²) in [5.41, 5.74) is 6.42. The summed E-state index contributed by atoms with van der Waals surface area (Å²) in [4.78, 5) is 3.85. The molecule has 2 unspecified atom stereocenters. The molecular weight excluding hydrogens is 288 g/mol. The Morgan fingerprint density at radius 2 is 1.95 bits per heavy atom. The Kier molecular flexibility index (Phi) is 8.11. The molecule has 2 N–H and O–H groups in total. The zero-order valence-corrected chi connectivity index (χ0v) is 14.8. The van der Waals surface area contributed by atoms with E-state index in [1.165, 1.54) is 24.1 Å². The van der Waals surface area contributed by atoms with Crippen molar-refractivity contribution in [1.29, 1.82) is 0 Å². The molecule has 0 spiro atoms. The summed E-state index contributed by atoms with van der Waals surface area (Å²) < 4.78 is 0.852. The Bertz CT molecular complexity index is 378. The number of hydrogen-bond acceptors (Lipinski definition) is 3. The van der Waals surface area contributed by atoms with Crippen LogP contribution in [0.25, 0.3) is 0 Å². The van der Waals surface area contributed by atoms with Gasteiger partial charge in [-0.15, -0.1) is 11.3 Å². The van der Waals surface area contributed by atoms with Gasteiger partial charge < -0.3 is 5.73 Å². The van der Waals surface area contributed by atoms with Crippen molar-refractivity contribution in [3.63, 3.8) is 0 Å². The molecule has 2 atom stereocenters. The van der Waals surface area contributed by atoms with E-state index >= 15 is 0 Å². The monoisotopic (exact) mass is 316 g/mol. The summed E-state index contributed by atoms with van der Waals surface area (Å²) in [5, 5.41) is 0. The normalized spacial score (nSPS) is 15.0. The SMILES string of the molecule is CCCCCN(C(C)C)C(c1ccc(Cl)s1)C(N)CC. The average Bonchev–Trinajstić information content (AvgIpc) is 2.83. The lowest BCUT2D eigenvalue weighted by molar-refractivity contribution is 0.129. The quantitative estimate of drug-likeness (QED) is 0.644. The summed E-state index contributed by atoms with van der Waals surface area (Å²) in [6.45, 7) is 10.0. The van der Waals surface area contributed by atoms with Gasteiger partial charge in [0.15, 0.2) is 0 Å². The molecule has 0 aliphatic heterocycles. The molecule has 0 saturated carbocycles. The van der Waals surface area contributed by atoms with E-state index in [1.807, 2.05) is 6.07 Å². The predicted octanol–water partition coefficient (Wildman–Crippen LogP) is 5.08. The second kappa shape index (κ2) is 9.04. The van der Waals surface area contributed by atoms with Crippen LogP contribution in [0.4, 0.5) is 0 Å². The maximum absolute atomic E-state index is 6.42. The van der Waals surface area contributed by atoms with E-state index in [1.54, 1.807) is 11.3 Å². The van der Waals surface area contributed by atoms with Crippen LogP contribution in [0.1, 0.15) is 64.3 Å². The minimum atomic E-state index is 0.161. The highest BCUT2D eigenvalue weighted by Gasteiger charge is 2.28. The fraction of sp³-hybridized carbons (Fsp3) is 0.750. The molecule has 1 aromatic rings. The first-order chi connectivity index (χ1) is 9.51. The minimum Gasteiger partial charge on any atom is -0.326 e. The molecule has 0 radical (unpaired) electrons. The van der Waals surface area contributed by atoms with Crippen molar-refractivity contribution >= 4 is 22.9 Å². The highest BCUT2D eigenvalue weighted by molar-refractivity contribution is 7.16. The molecular formula is C16H29ClN2S. The van der Waals surface area contributed by atoms with Crippen molar-refractivity contribution in [3.05, 3.63) is 21.3 Å². The van der Waals surface area contributed by atoms with E-state index in [0.29, 0.717) is 6.04 Å². The smallest absolute Gasteiger partial charge is 0.0931 e. The van der Waals surface area contributed by atoms with E-state index in [9.17, 15) is 0 Å². The molecule has 0 aliphatic rings. The first-order valence-corrected chi connectivity index (χ1v) is 8.97. The Balaban J connectivity index is 2.93. The van der Waals surface area contributed by atoms with E-state index in [2.05, 4.69) is 38.7 Å². The predicted molar refractivity (Wildman–Crippen MR) is 91.7 cm³/mol. The molecule has 2 nitrogen and oxygen atoms in total.